The van der Waals surface area contributed by atoms with Crippen molar-refractivity contribution in [3.8, 4) is 5.75 Å². The number of anilines is 1. The number of hydrogen-bond donors (Lipinski definition) is 3. The Morgan fingerprint density at radius 1 is 1.14 bits per heavy atom. The van der Waals surface area contributed by atoms with Gasteiger partial charge in [0.25, 0.3) is 10.0 Å². The zero-order chi connectivity index (χ0) is 16.3. The van der Waals surface area contributed by atoms with Crippen LogP contribution in [0.2, 0.25) is 10.0 Å². The lowest BCUT2D eigenvalue weighted by Crippen LogP contribution is -2.14. The molecular weight excluding hydrogens is 365 g/mol. The van der Waals surface area contributed by atoms with Gasteiger partial charge in [-0.3, -0.25) is 4.72 Å². The van der Waals surface area contributed by atoms with E-state index in [1.807, 2.05) is 0 Å². The fourth-order valence-corrected chi connectivity index (χ4v) is 4.35. The van der Waals surface area contributed by atoms with E-state index in [1.165, 1.54) is 24.3 Å². The molecule has 8 heteroatoms. The first kappa shape index (κ1) is 17.3. The van der Waals surface area contributed by atoms with Gasteiger partial charge < -0.3 is 5.11 Å². The van der Waals surface area contributed by atoms with Gasteiger partial charge >= 0.3 is 0 Å². The Bertz CT molecular complexity index is 774. The summed E-state index contributed by atoms with van der Waals surface area (Å²) in [6.45, 7) is 0. The summed E-state index contributed by atoms with van der Waals surface area (Å²) in [5, 5.41) is 9.79. The van der Waals surface area contributed by atoms with Crippen molar-refractivity contribution in [1.82, 2.24) is 0 Å². The molecule has 2 rings (SSSR count). The van der Waals surface area contributed by atoms with Crippen molar-refractivity contribution in [3.63, 3.8) is 0 Å². The minimum absolute atomic E-state index is 0.0364. The number of halogens is 2. The first-order valence-electron chi connectivity index (χ1n) is 6.24. The second kappa shape index (κ2) is 7.00. The van der Waals surface area contributed by atoms with E-state index in [9.17, 15) is 13.5 Å². The molecule has 0 aliphatic carbocycles. The summed E-state index contributed by atoms with van der Waals surface area (Å²) in [4.78, 5) is -0.179. The number of benzene rings is 2. The van der Waals surface area contributed by atoms with Crippen LogP contribution >= 0.6 is 35.8 Å². The number of thiol groups is 1. The minimum Gasteiger partial charge on any atom is -0.508 e. The van der Waals surface area contributed by atoms with Crippen LogP contribution in [0.3, 0.4) is 0 Å². The van der Waals surface area contributed by atoms with E-state index in [0.717, 1.165) is 0 Å². The standard InChI is InChI=1S/C14H13Cl2NO3S2/c15-11-2-1-3-12(16)14(11)22(19,20)17-10-4-5-13(18)9(8-10)6-7-21/h1-5,8,17-18,21H,6-7H2. The number of hydrogen-bond acceptors (Lipinski definition) is 4. The molecule has 4 nitrogen and oxygen atoms in total. The Morgan fingerprint density at radius 3 is 2.36 bits per heavy atom. The van der Waals surface area contributed by atoms with Crippen molar-refractivity contribution < 1.29 is 13.5 Å². The number of rotatable bonds is 5. The molecule has 2 N–H and O–H groups in total. The SMILES string of the molecule is O=S(=O)(Nc1ccc(O)c(CCS)c1)c1c(Cl)cccc1Cl. The van der Waals surface area contributed by atoms with Gasteiger partial charge in [-0.05, 0) is 48.1 Å². The Kier molecular flexibility index (Phi) is 5.50. The number of aryl methyl sites for hydroxylation is 1. The summed E-state index contributed by atoms with van der Waals surface area (Å²) in [6.07, 6.45) is 0.511. The van der Waals surface area contributed by atoms with Gasteiger partial charge in [0.05, 0.1) is 10.0 Å². The highest BCUT2D eigenvalue weighted by Crippen LogP contribution is 2.31. The molecule has 0 spiro atoms. The Hall–Kier alpha value is -1.08. The van der Waals surface area contributed by atoms with Crippen LogP contribution in [0.25, 0.3) is 0 Å². The first-order chi connectivity index (χ1) is 10.3. The Balaban J connectivity index is 2.39. The number of phenolic OH excluding ortho intramolecular Hbond substituents is 1. The zero-order valence-electron chi connectivity index (χ0n) is 11.3. The maximum absolute atomic E-state index is 12.4. The molecule has 0 unspecified atom stereocenters. The van der Waals surface area contributed by atoms with Crippen LogP contribution in [0.1, 0.15) is 5.56 Å². The molecule has 118 valence electrons. The van der Waals surface area contributed by atoms with E-state index in [0.29, 0.717) is 23.4 Å². The molecule has 2 aromatic rings. The second-order valence-corrected chi connectivity index (χ2v) is 7.35. The molecule has 0 aliphatic rings. The fraction of sp³-hybridized carbons (Fsp3) is 0.143. The molecule has 0 saturated heterocycles. The second-order valence-electron chi connectivity index (χ2n) is 4.47. The molecule has 0 bridgehead atoms. The third-order valence-electron chi connectivity index (χ3n) is 2.90. The number of phenols is 1. The summed E-state index contributed by atoms with van der Waals surface area (Å²) in [5.74, 6) is 0.618. The van der Waals surface area contributed by atoms with E-state index in [1.54, 1.807) is 12.1 Å². The molecule has 2 aromatic carbocycles. The quantitative estimate of drug-likeness (QED) is 0.545. The third kappa shape index (κ3) is 3.81. The van der Waals surface area contributed by atoms with Crippen LogP contribution in [0.5, 0.6) is 5.75 Å². The van der Waals surface area contributed by atoms with Crippen LogP contribution < -0.4 is 4.72 Å². The highest BCUT2D eigenvalue weighted by Gasteiger charge is 2.21. The minimum atomic E-state index is -3.93. The number of nitrogens with one attached hydrogen (secondary N) is 1. The maximum atomic E-state index is 12.4. The highest BCUT2D eigenvalue weighted by atomic mass is 35.5. The predicted molar refractivity (Wildman–Crippen MR) is 92.9 cm³/mol. The van der Waals surface area contributed by atoms with Crippen LogP contribution in [-0.4, -0.2) is 19.3 Å². The number of sulfonamides is 1. The lowest BCUT2D eigenvalue weighted by Gasteiger charge is -2.12. The molecule has 0 radical (unpaired) electrons. The molecule has 0 aromatic heterocycles. The lowest BCUT2D eigenvalue weighted by molar-refractivity contribution is 0.469. The van der Waals surface area contributed by atoms with E-state index < -0.39 is 10.0 Å². The van der Waals surface area contributed by atoms with Crippen molar-refractivity contribution in [1.29, 1.82) is 0 Å². The highest BCUT2D eigenvalue weighted by molar-refractivity contribution is 7.93. The van der Waals surface area contributed by atoms with Gasteiger partial charge in [-0.2, -0.15) is 12.6 Å². The molecule has 0 atom stereocenters. The van der Waals surface area contributed by atoms with E-state index in [-0.39, 0.29) is 20.7 Å². The van der Waals surface area contributed by atoms with Gasteiger partial charge in [0.2, 0.25) is 0 Å². The first-order valence-corrected chi connectivity index (χ1v) is 9.12. The van der Waals surface area contributed by atoms with Crippen LogP contribution in [-0.2, 0) is 16.4 Å². The van der Waals surface area contributed by atoms with E-state index in [4.69, 9.17) is 23.2 Å². The summed E-state index contributed by atoms with van der Waals surface area (Å²) in [6, 6.07) is 8.89. The van der Waals surface area contributed by atoms with Crippen molar-refractivity contribution in [2.75, 3.05) is 10.5 Å². The maximum Gasteiger partial charge on any atom is 0.264 e. The fourth-order valence-electron chi connectivity index (χ4n) is 1.92. The van der Waals surface area contributed by atoms with Crippen molar-refractivity contribution in [3.05, 3.63) is 52.0 Å². The third-order valence-corrected chi connectivity index (χ3v) is 5.46. The average Bonchev–Trinajstić information content (AvgIpc) is 2.42. The largest absolute Gasteiger partial charge is 0.508 e. The van der Waals surface area contributed by atoms with Gasteiger partial charge in [-0.25, -0.2) is 8.42 Å². The molecule has 22 heavy (non-hydrogen) atoms. The van der Waals surface area contributed by atoms with Gasteiger partial charge in [-0.1, -0.05) is 29.3 Å². The molecule has 0 fully saturated rings. The van der Waals surface area contributed by atoms with E-state index in [2.05, 4.69) is 17.4 Å². The predicted octanol–water partition coefficient (Wildman–Crippen LogP) is 3.97. The smallest absolute Gasteiger partial charge is 0.264 e. The number of aromatic hydroxyl groups is 1. The summed E-state index contributed by atoms with van der Waals surface area (Å²) >= 11 is 16.0. The monoisotopic (exact) mass is 377 g/mol. The van der Waals surface area contributed by atoms with Crippen LogP contribution in [0, 0.1) is 0 Å². The van der Waals surface area contributed by atoms with Crippen molar-refractivity contribution in [2.45, 2.75) is 11.3 Å². The lowest BCUT2D eigenvalue weighted by atomic mass is 10.1. The summed E-state index contributed by atoms with van der Waals surface area (Å²) in [5.41, 5.74) is 0.908. The molecule has 0 aliphatic heterocycles. The molecule has 0 heterocycles. The van der Waals surface area contributed by atoms with Crippen molar-refractivity contribution in [2.24, 2.45) is 0 Å². The van der Waals surface area contributed by atoms with Gasteiger partial charge in [0.15, 0.2) is 0 Å². The molecule has 0 amide bonds. The normalized spacial score (nSPS) is 11.4. The Labute approximate surface area is 144 Å². The summed E-state index contributed by atoms with van der Waals surface area (Å²) in [7, 11) is -3.93. The van der Waals surface area contributed by atoms with Crippen LogP contribution in [0.15, 0.2) is 41.3 Å². The molecular formula is C14H13Cl2NO3S2. The zero-order valence-corrected chi connectivity index (χ0v) is 14.5. The molecule has 0 saturated carbocycles. The Morgan fingerprint density at radius 2 is 1.77 bits per heavy atom. The average molecular weight is 378 g/mol. The van der Waals surface area contributed by atoms with E-state index >= 15 is 0 Å². The topological polar surface area (TPSA) is 66.4 Å². The van der Waals surface area contributed by atoms with Crippen molar-refractivity contribution >= 4 is 51.5 Å². The van der Waals surface area contributed by atoms with Gasteiger partial charge in [-0.15, -0.1) is 0 Å². The van der Waals surface area contributed by atoms with Gasteiger partial charge in [0, 0.05) is 5.69 Å². The van der Waals surface area contributed by atoms with Crippen LogP contribution in [0.4, 0.5) is 5.69 Å². The van der Waals surface area contributed by atoms with Gasteiger partial charge in [0.1, 0.15) is 10.6 Å². The summed E-state index contributed by atoms with van der Waals surface area (Å²) < 4.78 is 27.3.